The molecule has 1 atom stereocenters. The van der Waals surface area contributed by atoms with Crippen LogP contribution in [0.15, 0.2) is 18.3 Å². The molecule has 0 radical (unpaired) electrons. The molecule has 0 saturated carbocycles. The maximum atomic E-state index is 11.5. The topological polar surface area (TPSA) is 88.3 Å². The van der Waals surface area contributed by atoms with Gasteiger partial charge in [-0.15, -0.1) is 0 Å². The molecule has 2 heterocycles. The summed E-state index contributed by atoms with van der Waals surface area (Å²) in [6.45, 7) is 2.33. The van der Waals surface area contributed by atoms with Gasteiger partial charge in [-0.3, -0.25) is 9.59 Å². The summed E-state index contributed by atoms with van der Waals surface area (Å²) in [5, 5.41) is 2.59. The number of anilines is 2. The van der Waals surface area contributed by atoms with Crippen molar-refractivity contribution in [3.05, 3.63) is 18.3 Å². The molecule has 0 spiro atoms. The van der Waals surface area contributed by atoms with Crippen LogP contribution < -0.4 is 16.0 Å². The standard InChI is InChI=1S/C12H16N4O2/c1-8(13)12(18)15-10-5-4-9(7-14-10)16-6-2-3-11(16)17/h4-5,7-8H,2-3,6,13H2,1H3,(H,14,15,18)/t8-/m1/s1. The smallest absolute Gasteiger partial charge is 0.242 e. The number of pyridine rings is 1. The van der Waals surface area contributed by atoms with E-state index in [1.54, 1.807) is 30.2 Å². The Bertz CT molecular complexity index is 456. The predicted octanol–water partition coefficient (Wildman–Crippen LogP) is 0.494. The van der Waals surface area contributed by atoms with Crippen molar-refractivity contribution in [3.8, 4) is 0 Å². The third kappa shape index (κ3) is 2.65. The van der Waals surface area contributed by atoms with E-state index < -0.39 is 6.04 Å². The maximum Gasteiger partial charge on any atom is 0.242 e. The molecule has 1 aliphatic heterocycles. The second-order valence-electron chi connectivity index (χ2n) is 4.33. The van der Waals surface area contributed by atoms with Crippen LogP contribution in [0.3, 0.4) is 0 Å². The van der Waals surface area contributed by atoms with Gasteiger partial charge in [-0.25, -0.2) is 4.98 Å². The van der Waals surface area contributed by atoms with E-state index in [9.17, 15) is 9.59 Å². The monoisotopic (exact) mass is 248 g/mol. The molecular weight excluding hydrogens is 232 g/mol. The number of carbonyl (C=O) groups excluding carboxylic acids is 2. The second kappa shape index (κ2) is 5.14. The number of nitrogens with two attached hydrogens (primary N) is 1. The van der Waals surface area contributed by atoms with Crippen LogP contribution in [0.1, 0.15) is 19.8 Å². The number of amides is 2. The van der Waals surface area contributed by atoms with Crippen LogP contribution in [0.5, 0.6) is 0 Å². The lowest BCUT2D eigenvalue weighted by molar-refractivity contribution is -0.117. The molecule has 0 aromatic carbocycles. The van der Waals surface area contributed by atoms with Crippen molar-refractivity contribution < 1.29 is 9.59 Å². The Hall–Kier alpha value is -1.95. The Morgan fingerprint density at radius 2 is 2.33 bits per heavy atom. The number of rotatable bonds is 3. The number of aromatic nitrogens is 1. The number of nitrogens with zero attached hydrogens (tertiary/aromatic N) is 2. The zero-order valence-corrected chi connectivity index (χ0v) is 10.2. The normalized spacial score (nSPS) is 16.8. The SMILES string of the molecule is C[C@@H](N)C(=O)Nc1ccc(N2CCCC2=O)cn1. The molecule has 2 amide bonds. The molecule has 0 unspecified atom stereocenters. The Kier molecular flexibility index (Phi) is 3.57. The molecule has 1 aromatic heterocycles. The summed E-state index contributed by atoms with van der Waals surface area (Å²) in [5.41, 5.74) is 6.20. The van der Waals surface area contributed by atoms with E-state index in [0.29, 0.717) is 12.2 Å². The fraction of sp³-hybridized carbons (Fsp3) is 0.417. The van der Waals surface area contributed by atoms with Crippen LogP contribution in [0.4, 0.5) is 11.5 Å². The number of carbonyl (C=O) groups is 2. The highest BCUT2D eigenvalue weighted by Crippen LogP contribution is 2.21. The summed E-state index contributed by atoms with van der Waals surface area (Å²) in [4.78, 5) is 28.7. The molecule has 18 heavy (non-hydrogen) atoms. The highest BCUT2D eigenvalue weighted by molar-refractivity contribution is 5.96. The van der Waals surface area contributed by atoms with Gasteiger partial charge in [0, 0.05) is 13.0 Å². The molecule has 1 saturated heterocycles. The van der Waals surface area contributed by atoms with Gasteiger partial charge in [0.2, 0.25) is 11.8 Å². The Labute approximate surface area is 105 Å². The van der Waals surface area contributed by atoms with Gasteiger partial charge >= 0.3 is 0 Å². The molecule has 1 fully saturated rings. The zero-order chi connectivity index (χ0) is 13.1. The summed E-state index contributed by atoms with van der Waals surface area (Å²) in [6, 6.07) is 2.86. The van der Waals surface area contributed by atoms with Crippen molar-refractivity contribution in [2.24, 2.45) is 5.73 Å². The number of nitrogens with one attached hydrogen (secondary N) is 1. The zero-order valence-electron chi connectivity index (χ0n) is 10.2. The minimum Gasteiger partial charge on any atom is -0.320 e. The first-order valence-corrected chi connectivity index (χ1v) is 5.91. The Morgan fingerprint density at radius 1 is 1.56 bits per heavy atom. The highest BCUT2D eigenvalue weighted by Gasteiger charge is 2.21. The molecule has 0 bridgehead atoms. The van der Waals surface area contributed by atoms with E-state index in [-0.39, 0.29) is 11.8 Å². The molecular formula is C12H16N4O2. The summed E-state index contributed by atoms with van der Waals surface area (Å²) in [7, 11) is 0. The lowest BCUT2D eigenvalue weighted by Gasteiger charge is -2.15. The minimum absolute atomic E-state index is 0.115. The van der Waals surface area contributed by atoms with Crippen molar-refractivity contribution >= 4 is 23.3 Å². The number of hydrogen-bond acceptors (Lipinski definition) is 4. The lowest BCUT2D eigenvalue weighted by atomic mass is 10.3. The predicted molar refractivity (Wildman–Crippen MR) is 68.1 cm³/mol. The van der Waals surface area contributed by atoms with Crippen LogP contribution in [0, 0.1) is 0 Å². The quantitative estimate of drug-likeness (QED) is 0.815. The van der Waals surface area contributed by atoms with Crippen molar-refractivity contribution in [3.63, 3.8) is 0 Å². The molecule has 3 N–H and O–H groups in total. The van der Waals surface area contributed by atoms with Crippen molar-refractivity contribution in [2.75, 3.05) is 16.8 Å². The van der Waals surface area contributed by atoms with Crippen molar-refractivity contribution in [2.45, 2.75) is 25.8 Å². The molecule has 96 valence electrons. The van der Waals surface area contributed by atoms with E-state index in [4.69, 9.17) is 5.73 Å². The van der Waals surface area contributed by atoms with E-state index in [1.807, 2.05) is 0 Å². The molecule has 6 nitrogen and oxygen atoms in total. The van der Waals surface area contributed by atoms with Crippen LogP contribution in [0.2, 0.25) is 0 Å². The fourth-order valence-electron chi connectivity index (χ4n) is 1.78. The van der Waals surface area contributed by atoms with E-state index in [0.717, 1.165) is 18.7 Å². The highest BCUT2D eigenvalue weighted by atomic mass is 16.2. The van der Waals surface area contributed by atoms with Gasteiger partial charge in [0.05, 0.1) is 17.9 Å². The van der Waals surface area contributed by atoms with Gasteiger partial charge in [-0.05, 0) is 25.5 Å². The van der Waals surface area contributed by atoms with Gasteiger partial charge < -0.3 is 16.0 Å². The van der Waals surface area contributed by atoms with Crippen molar-refractivity contribution in [1.29, 1.82) is 0 Å². The fourth-order valence-corrected chi connectivity index (χ4v) is 1.78. The van der Waals surface area contributed by atoms with Crippen LogP contribution in [-0.2, 0) is 9.59 Å². The lowest BCUT2D eigenvalue weighted by Crippen LogP contribution is -2.32. The molecule has 1 aromatic rings. The molecule has 6 heteroatoms. The van der Waals surface area contributed by atoms with Crippen molar-refractivity contribution in [1.82, 2.24) is 4.98 Å². The van der Waals surface area contributed by atoms with E-state index in [2.05, 4.69) is 10.3 Å². The Balaban J connectivity index is 2.06. The van der Waals surface area contributed by atoms with Gasteiger partial charge in [0.15, 0.2) is 0 Å². The summed E-state index contributed by atoms with van der Waals surface area (Å²) in [5.74, 6) is 0.268. The average molecular weight is 248 g/mol. The summed E-state index contributed by atoms with van der Waals surface area (Å²) < 4.78 is 0. The van der Waals surface area contributed by atoms with Crippen LogP contribution >= 0.6 is 0 Å². The van der Waals surface area contributed by atoms with Gasteiger partial charge in [0.1, 0.15) is 5.82 Å². The summed E-state index contributed by atoms with van der Waals surface area (Å²) >= 11 is 0. The second-order valence-corrected chi connectivity index (χ2v) is 4.33. The average Bonchev–Trinajstić information content (AvgIpc) is 2.76. The first-order valence-electron chi connectivity index (χ1n) is 5.91. The molecule has 1 aliphatic rings. The summed E-state index contributed by atoms with van der Waals surface area (Å²) in [6.07, 6.45) is 3.05. The third-order valence-electron chi connectivity index (χ3n) is 2.80. The number of hydrogen-bond donors (Lipinski definition) is 2. The van der Waals surface area contributed by atoms with Gasteiger partial charge in [-0.1, -0.05) is 0 Å². The van der Waals surface area contributed by atoms with E-state index >= 15 is 0 Å². The largest absolute Gasteiger partial charge is 0.320 e. The Morgan fingerprint density at radius 3 is 2.83 bits per heavy atom. The molecule has 0 aliphatic carbocycles. The van der Waals surface area contributed by atoms with E-state index in [1.165, 1.54) is 0 Å². The maximum absolute atomic E-state index is 11.5. The third-order valence-corrected chi connectivity index (χ3v) is 2.80. The van der Waals surface area contributed by atoms with Gasteiger partial charge in [0.25, 0.3) is 0 Å². The van der Waals surface area contributed by atoms with Gasteiger partial charge in [-0.2, -0.15) is 0 Å². The van der Waals surface area contributed by atoms with Crippen LogP contribution in [0.25, 0.3) is 0 Å². The molecule has 2 rings (SSSR count). The van der Waals surface area contributed by atoms with Crippen LogP contribution in [-0.4, -0.2) is 29.4 Å². The first kappa shape index (κ1) is 12.5. The first-order chi connectivity index (χ1) is 8.58. The minimum atomic E-state index is -0.577.